The maximum Gasteiger partial charge on any atom is 0.361 e. The summed E-state index contributed by atoms with van der Waals surface area (Å²) in [6.45, 7) is -0.653. The molecule has 0 bridgehead atoms. The third-order valence-electron chi connectivity index (χ3n) is 8.71. The molecule has 0 spiro atoms. The van der Waals surface area contributed by atoms with Gasteiger partial charge in [0.2, 0.25) is 6.29 Å². The molecule has 1 aliphatic rings. The second kappa shape index (κ2) is 11.8. The number of aliphatic hydroxyl groups is 4. The highest BCUT2D eigenvalue weighted by Gasteiger charge is 2.45. The normalized spacial score (nSPS) is 21.3. The standard InChI is InChI=1S/C34H31NO13/c1-43-21-9-15(4-5-18(21)37)26-27-17-11-23(45-3)24(47-34-32(41)31(40)30(39)25(13-36)48-34)12-20(17)46-33(42)29(27)35-7-6-14-8-19(38)22(44-2)10-16(14)28(26)35/h4-12,25,30-32,34,36-41H,13H2,1-3H3/t25-,30-,31+,32+,34+/m1/s1. The Morgan fingerprint density at radius 3 is 2.19 bits per heavy atom. The Morgan fingerprint density at radius 2 is 1.48 bits per heavy atom. The van der Waals surface area contributed by atoms with Crippen molar-refractivity contribution < 1.29 is 58.7 Å². The summed E-state index contributed by atoms with van der Waals surface area (Å²) in [5, 5.41) is 63.8. The highest BCUT2D eigenvalue weighted by atomic mass is 16.7. The van der Waals surface area contributed by atoms with Crippen LogP contribution in [0.3, 0.4) is 0 Å². The van der Waals surface area contributed by atoms with E-state index in [1.54, 1.807) is 47.0 Å². The van der Waals surface area contributed by atoms with E-state index in [2.05, 4.69) is 0 Å². The molecule has 48 heavy (non-hydrogen) atoms. The smallest absolute Gasteiger partial charge is 0.361 e. The number of methoxy groups -OCH3 is 3. The molecule has 6 aromatic rings. The van der Waals surface area contributed by atoms with Crippen molar-refractivity contribution in [1.29, 1.82) is 0 Å². The SMILES string of the molecule is COc1cc(-c2c3c4cc(OC)c(O[C@H]5O[C@H](CO)[C@@H](O)[C@H](O)[C@@H]5O)cc4oc(=O)c3n3ccc4cc(O)c(OC)cc4c23)ccc1O. The molecule has 14 nitrogen and oxygen atoms in total. The molecule has 0 aliphatic carbocycles. The number of nitrogens with zero attached hydrogens (tertiary/aromatic N) is 1. The number of phenols is 2. The van der Waals surface area contributed by atoms with Gasteiger partial charge in [0.1, 0.15) is 35.5 Å². The molecule has 0 amide bonds. The van der Waals surface area contributed by atoms with Crippen LogP contribution in [0.2, 0.25) is 0 Å². The predicted octanol–water partition coefficient (Wildman–Crippen LogP) is 2.63. The average molecular weight is 662 g/mol. The number of aromatic nitrogens is 1. The zero-order valence-electron chi connectivity index (χ0n) is 25.8. The number of ether oxygens (including phenoxy) is 5. The van der Waals surface area contributed by atoms with Gasteiger partial charge < -0.3 is 63.1 Å². The molecule has 3 aromatic carbocycles. The van der Waals surface area contributed by atoms with Gasteiger partial charge in [0.05, 0.1) is 33.5 Å². The number of aliphatic hydroxyl groups excluding tert-OH is 4. The lowest BCUT2D eigenvalue weighted by atomic mass is 9.97. The van der Waals surface area contributed by atoms with E-state index in [4.69, 9.17) is 28.1 Å². The first-order valence-corrected chi connectivity index (χ1v) is 14.8. The summed E-state index contributed by atoms with van der Waals surface area (Å²) in [5.41, 5.74) is 1.23. The molecule has 1 saturated heterocycles. The molecular weight excluding hydrogens is 630 g/mol. The first kappa shape index (κ1) is 31.4. The third-order valence-corrected chi connectivity index (χ3v) is 8.71. The van der Waals surface area contributed by atoms with Gasteiger partial charge in [-0.3, -0.25) is 0 Å². The summed E-state index contributed by atoms with van der Waals surface area (Å²) in [6, 6.07) is 12.7. The molecule has 1 fully saturated rings. The van der Waals surface area contributed by atoms with Crippen LogP contribution in [0.25, 0.3) is 49.3 Å². The van der Waals surface area contributed by atoms with Crippen molar-refractivity contribution in [1.82, 2.24) is 4.40 Å². The molecule has 14 heteroatoms. The van der Waals surface area contributed by atoms with E-state index in [-0.39, 0.29) is 45.6 Å². The Morgan fingerprint density at radius 1 is 0.771 bits per heavy atom. The average Bonchev–Trinajstić information content (AvgIpc) is 3.44. The van der Waals surface area contributed by atoms with E-state index in [0.717, 1.165) is 0 Å². The van der Waals surface area contributed by atoms with Crippen molar-refractivity contribution in [2.75, 3.05) is 27.9 Å². The van der Waals surface area contributed by atoms with Crippen molar-refractivity contribution in [2.45, 2.75) is 30.7 Å². The Balaban J connectivity index is 1.55. The molecule has 0 radical (unpaired) electrons. The van der Waals surface area contributed by atoms with Gasteiger partial charge in [-0.1, -0.05) is 6.07 Å². The quantitative estimate of drug-likeness (QED) is 0.137. The molecule has 250 valence electrons. The van der Waals surface area contributed by atoms with Crippen LogP contribution in [-0.4, -0.2) is 93.7 Å². The van der Waals surface area contributed by atoms with E-state index in [9.17, 15) is 35.4 Å². The Labute approximate surface area is 270 Å². The Bertz CT molecular complexity index is 2270. The fourth-order valence-electron chi connectivity index (χ4n) is 6.34. The van der Waals surface area contributed by atoms with Gasteiger partial charge in [0, 0.05) is 34.0 Å². The molecule has 6 N–H and O–H groups in total. The summed E-state index contributed by atoms with van der Waals surface area (Å²) in [7, 11) is 4.23. The van der Waals surface area contributed by atoms with Gasteiger partial charge in [0.15, 0.2) is 34.5 Å². The predicted molar refractivity (Wildman–Crippen MR) is 171 cm³/mol. The molecule has 0 unspecified atom stereocenters. The van der Waals surface area contributed by atoms with Gasteiger partial charge in [-0.05, 0) is 47.3 Å². The summed E-state index contributed by atoms with van der Waals surface area (Å²) < 4.78 is 35.4. The number of pyridine rings is 1. The van der Waals surface area contributed by atoms with Gasteiger partial charge in [-0.2, -0.15) is 0 Å². The van der Waals surface area contributed by atoms with Crippen molar-refractivity contribution in [3.8, 4) is 45.6 Å². The largest absolute Gasteiger partial charge is 0.504 e. The topological polar surface area (TPSA) is 202 Å². The monoisotopic (exact) mass is 661 g/mol. The zero-order valence-corrected chi connectivity index (χ0v) is 25.8. The number of hydrogen-bond donors (Lipinski definition) is 6. The van der Waals surface area contributed by atoms with Gasteiger partial charge >= 0.3 is 5.63 Å². The first-order valence-electron chi connectivity index (χ1n) is 14.8. The lowest BCUT2D eigenvalue weighted by molar-refractivity contribution is -0.277. The molecule has 3 aromatic heterocycles. The van der Waals surface area contributed by atoms with E-state index in [1.807, 2.05) is 0 Å². The molecule has 5 atom stereocenters. The van der Waals surface area contributed by atoms with Crippen LogP contribution in [0.15, 0.2) is 63.9 Å². The van der Waals surface area contributed by atoms with Gasteiger partial charge in [-0.25, -0.2) is 4.79 Å². The first-order chi connectivity index (χ1) is 23.1. The number of benzene rings is 3. The second-order valence-corrected chi connectivity index (χ2v) is 11.3. The van der Waals surface area contributed by atoms with Crippen molar-refractivity contribution >= 4 is 38.2 Å². The maximum atomic E-state index is 13.9. The van der Waals surface area contributed by atoms with Crippen LogP contribution >= 0.6 is 0 Å². The molecule has 7 rings (SSSR count). The van der Waals surface area contributed by atoms with Crippen LogP contribution in [-0.2, 0) is 4.74 Å². The Hall–Kier alpha value is -5.25. The zero-order chi connectivity index (χ0) is 34.0. The summed E-state index contributed by atoms with van der Waals surface area (Å²) >= 11 is 0. The number of phenolic OH excluding ortho intramolecular Hbond substituents is 2. The minimum atomic E-state index is -1.70. The minimum absolute atomic E-state index is 0.0286. The molecule has 0 saturated carbocycles. The number of rotatable bonds is 7. The summed E-state index contributed by atoms with van der Waals surface area (Å²) in [6.07, 6.45) is -6.03. The fourth-order valence-corrected chi connectivity index (χ4v) is 6.34. The van der Waals surface area contributed by atoms with Crippen molar-refractivity contribution in [2.24, 2.45) is 0 Å². The van der Waals surface area contributed by atoms with Gasteiger partial charge in [0.25, 0.3) is 0 Å². The third kappa shape index (κ3) is 4.72. The van der Waals surface area contributed by atoms with Crippen LogP contribution in [0.4, 0.5) is 0 Å². The Kier molecular flexibility index (Phi) is 7.69. The van der Waals surface area contributed by atoms with E-state index in [0.29, 0.717) is 38.2 Å². The number of hydrogen-bond acceptors (Lipinski definition) is 13. The van der Waals surface area contributed by atoms with Crippen LogP contribution < -0.4 is 24.6 Å². The number of fused-ring (bicyclic) bond motifs is 7. The molecule has 1 aliphatic heterocycles. The highest BCUT2D eigenvalue weighted by Crippen LogP contribution is 2.46. The van der Waals surface area contributed by atoms with E-state index >= 15 is 0 Å². The maximum absolute atomic E-state index is 13.9. The van der Waals surface area contributed by atoms with Crippen molar-refractivity contribution in [3.63, 3.8) is 0 Å². The molecular formula is C34H31NO13. The lowest BCUT2D eigenvalue weighted by Crippen LogP contribution is -2.60. The summed E-state index contributed by atoms with van der Waals surface area (Å²) in [4.78, 5) is 13.9. The minimum Gasteiger partial charge on any atom is -0.504 e. The highest BCUT2D eigenvalue weighted by molar-refractivity contribution is 6.22. The fraction of sp³-hybridized carbons (Fsp3) is 0.265. The second-order valence-electron chi connectivity index (χ2n) is 11.3. The summed E-state index contributed by atoms with van der Waals surface area (Å²) in [5.74, 6) is 0.348. The lowest BCUT2D eigenvalue weighted by Gasteiger charge is -2.39. The van der Waals surface area contributed by atoms with E-state index in [1.165, 1.54) is 33.5 Å². The van der Waals surface area contributed by atoms with Crippen LogP contribution in [0.1, 0.15) is 0 Å². The van der Waals surface area contributed by atoms with Crippen LogP contribution in [0.5, 0.6) is 34.5 Å². The van der Waals surface area contributed by atoms with Crippen molar-refractivity contribution in [3.05, 3.63) is 65.1 Å². The molecule has 4 heterocycles. The van der Waals surface area contributed by atoms with Gasteiger partial charge in [-0.15, -0.1) is 0 Å². The number of aromatic hydroxyl groups is 2. The van der Waals surface area contributed by atoms with Crippen LogP contribution in [0, 0.1) is 0 Å². The van der Waals surface area contributed by atoms with E-state index < -0.39 is 42.9 Å².